The Kier molecular flexibility index (Phi) is 8.09. The summed E-state index contributed by atoms with van der Waals surface area (Å²) in [5.41, 5.74) is 2.19. The van der Waals surface area contributed by atoms with Gasteiger partial charge in [-0.15, -0.1) is 0 Å². The number of aliphatic carboxylic acids is 1. The molecule has 1 N–H and O–H groups in total. The van der Waals surface area contributed by atoms with Crippen molar-refractivity contribution in [3.8, 4) is 0 Å². The predicted molar refractivity (Wildman–Crippen MR) is 100 cm³/mol. The second-order valence-electron chi connectivity index (χ2n) is 6.56. The number of carbonyl (C=O) groups is 2. The number of carboxylic acids is 1. The monoisotopic (exact) mass is 357 g/mol. The minimum Gasteiger partial charge on any atom is -0.481 e. The first kappa shape index (κ1) is 19.9. The van der Waals surface area contributed by atoms with Gasteiger partial charge in [0, 0.05) is 0 Å². The summed E-state index contributed by atoms with van der Waals surface area (Å²) < 4.78 is 0. The van der Waals surface area contributed by atoms with Gasteiger partial charge in [-0.1, -0.05) is 54.1 Å². The number of hydrogen-bond acceptors (Lipinski definition) is 3. The summed E-state index contributed by atoms with van der Waals surface area (Å²) in [6.07, 6.45) is 11.3. The number of rotatable bonds is 11. The van der Waals surface area contributed by atoms with E-state index in [1.165, 1.54) is 5.57 Å². The fourth-order valence-electron chi connectivity index (χ4n) is 3.09. The average molecular weight is 357 g/mol. The van der Waals surface area contributed by atoms with Crippen LogP contribution >= 0.6 is 0 Å². The molecule has 5 nitrogen and oxygen atoms in total. The lowest BCUT2D eigenvalue weighted by Gasteiger charge is -2.29. The highest BCUT2D eigenvalue weighted by Crippen LogP contribution is 2.22. The summed E-state index contributed by atoms with van der Waals surface area (Å²) >= 11 is 0. The SMILES string of the molecule is CC(C(CCCC1=CCCC=C1)C(=O)O)N(C=O)OCc1ccccc1. The second kappa shape index (κ2) is 10.6. The maximum atomic E-state index is 11.7. The Labute approximate surface area is 154 Å². The third-order valence-electron chi connectivity index (χ3n) is 4.68. The normalized spacial score (nSPS) is 15.8. The molecule has 0 saturated carbocycles. The fourth-order valence-corrected chi connectivity index (χ4v) is 3.09. The van der Waals surface area contributed by atoms with Gasteiger partial charge in [0.15, 0.2) is 0 Å². The van der Waals surface area contributed by atoms with Crippen molar-refractivity contribution in [3.05, 3.63) is 59.7 Å². The quantitative estimate of drug-likeness (QED) is 0.478. The van der Waals surface area contributed by atoms with E-state index < -0.39 is 17.9 Å². The van der Waals surface area contributed by atoms with Crippen molar-refractivity contribution in [2.45, 2.75) is 51.7 Å². The smallest absolute Gasteiger partial charge is 0.308 e. The molecule has 0 radical (unpaired) electrons. The number of hydrogen-bond donors (Lipinski definition) is 1. The van der Waals surface area contributed by atoms with Crippen molar-refractivity contribution in [2.75, 3.05) is 0 Å². The van der Waals surface area contributed by atoms with Gasteiger partial charge in [-0.3, -0.25) is 14.4 Å². The van der Waals surface area contributed by atoms with E-state index in [1.54, 1.807) is 6.92 Å². The van der Waals surface area contributed by atoms with Crippen LogP contribution in [0.15, 0.2) is 54.1 Å². The van der Waals surface area contributed by atoms with Gasteiger partial charge >= 0.3 is 5.97 Å². The van der Waals surface area contributed by atoms with E-state index in [-0.39, 0.29) is 6.61 Å². The number of amides is 1. The van der Waals surface area contributed by atoms with Crippen LogP contribution in [-0.4, -0.2) is 28.6 Å². The molecule has 1 aromatic rings. The number of carboxylic acid groups (broad SMARTS) is 1. The highest BCUT2D eigenvalue weighted by molar-refractivity contribution is 5.71. The van der Waals surface area contributed by atoms with E-state index >= 15 is 0 Å². The Hall–Kier alpha value is -2.40. The summed E-state index contributed by atoms with van der Waals surface area (Å²) in [5.74, 6) is -1.56. The van der Waals surface area contributed by atoms with E-state index in [0.717, 1.165) is 36.3 Å². The molecule has 0 heterocycles. The predicted octanol–water partition coefficient (Wildman–Crippen LogP) is 4.11. The molecule has 2 rings (SSSR count). The van der Waals surface area contributed by atoms with Crippen LogP contribution in [0.4, 0.5) is 0 Å². The van der Waals surface area contributed by atoms with Gasteiger partial charge in [0.05, 0.1) is 12.0 Å². The van der Waals surface area contributed by atoms with Gasteiger partial charge < -0.3 is 5.11 Å². The number of nitrogens with zero attached hydrogens (tertiary/aromatic N) is 1. The van der Waals surface area contributed by atoms with Crippen molar-refractivity contribution < 1.29 is 19.5 Å². The molecular formula is C21H27NO4. The van der Waals surface area contributed by atoms with E-state index in [4.69, 9.17) is 4.84 Å². The molecule has 0 aliphatic heterocycles. The summed E-state index contributed by atoms with van der Waals surface area (Å²) in [5, 5.41) is 10.7. The Morgan fingerprint density at radius 2 is 2.08 bits per heavy atom. The summed E-state index contributed by atoms with van der Waals surface area (Å²) in [4.78, 5) is 28.6. The van der Waals surface area contributed by atoms with Crippen LogP contribution in [-0.2, 0) is 21.0 Å². The maximum absolute atomic E-state index is 11.7. The standard InChI is InChI=1S/C21H27NO4/c1-17(22(16-23)26-15-19-11-6-3-7-12-19)20(21(24)25)14-8-13-18-9-4-2-5-10-18/h3-4,6-7,9-12,16-17,20H,2,5,8,13-15H2,1H3,(H,24,25). The van der Waals surface area contributed by atoms with Crippen molar-refractivity contribution in [3.63, 3.8) is 0 Å². The molecule has 2 atom stereocenters. The van der Waals surface area contributed by atoms with Gasteiger partial charge in [0.1, 0.15) is 6.61 Å². The van der Waals surface area contributed by atoms with Gasteiger partial charge in [0.2, 0.25) is 6.41 Å². The van der Waals surface area contributed by atoms with E-state index in [2.05, 4.69) is 18.2 Å². The Balaban J connectivity index is 1.88. The molecule has 0 aromatic heterocycles. The molecule has 1 aliphatic rings. The van der Waals surface area contributed by atoms with Crippen LogP contribution in [0.2, 0.25) is 0 Å². The number of benzene rings is 1. The zero-order valence-corrected chi connectivity index (χ0v) is 15.2. The topological polar surface area (TPSA) is 66.8 Å². The minimum absolute atomic E-state index is 0.230. The van der Waals surface area contributed by atoms with Crippen LogP contribution in [0.5, 0.6) is 0 Å². The molecule has 0 fully saturated rings. The summed E-state index contributed by atoms with van der Waals surface area (Å²) in [6.45, 7) is 1.95. The lowest BCUT2D eigenvalue weighted by molar-refractivity contribution is -0.199. The molecule has 0 saturated heterocycles. The van der Waals surface area contributed by atoms with Crippen LogP contribution in [0.25, 0.3) is 0 Å². The molecule has 0 bridgehead atoms. The second-order valence-corrected chi connectivity index (χ2v) is 6.56. The number of hydroxylamine groups is 2. The third-order valence-corrected chi connectivity index (χ3v) is 4.68. The average Bonchev–Trinajstić information content (AvgIpc) is 2.67. The fraction of sp³-hybridized carbons (Fsp3) is 0.429. The van der Waals surface area contributed by atoms with Crippen molar-refractivity contribution >= 4 is 12.4 Å². The third kappa shape index (κ3) is 6.15. The lowest BCUT2D eigenvalue weighted by atomic mass is 9.92. The molecular weight excluding hydrogens is 330 g/mol. The van der Waals surface area contributed by atoms with Crippen molar-refractivity contribution in [1.29, 1.82) is 0 Å². The molecule has 1 amide bonds. The minimum atomic E-state index is -0.902. The number of allylic oxidation sites excluding steroid dienone is 4. The largest absolute Gasteiger partial charge is 0.481 e. The van der Waals surface area contributed by atoms with Gasteiger partial charge in [-0.05, 0) is 44.6 Å². The molecule has 140 valence electrons. The first-order chi connectivity index (χ1) is 12.6. The van der Waals surface area contributed by atoms with Gasteiger partial charge in [0.25, 0.3) is 0 Å². The van der Waals surface area contributed by atoms with Gasteiger partial charge in [-0.25, -0.2) is 5.06 Å². The van der Waals surface area contributed by atoms with Crippen LogP contribution in [0.1, 0.15) is 44.6 Å². The van der Waals surface area contributed by atoms with E-state index in [1.807, 2.05) is 30.3 Å². The molecule has 1 aromatic carbocycles. The molecule has 1 aliphatic carbocycles. The number of carbonyl (C=O) groups excluding carboxylic acids is 1. The highest BCUT2D eigenvalue weighted by atomic mass is 16.7. The zero-order valence-electron chi connectivity index (χ0n) is 15.2. The molecule has 0 spiro atoms. The Morgan fingerprint density at radius 3 is 2.69 bits per heavy atom. The Bertz CT molecular complexity index is 639. The lowest BCUT2D eigenvalue weighted by Crippen LogP contribution is -2.41. The van der Waals surface area contributed by atoms with Gasteiger partial charge in [-0.2, -0.15) is 0 Å². The van der Waals surface area contributed by atoms with Crippen LogP contribution in [0, 0.1) is 5.92 Å². The molecule has 26 heavy (non-hydrogen) atoms. The molecule has 2 unspecified atom stereocenters. The van der Waals surface area contributed by atoms with Crippen molar-refractivity contribution in [2.24, 2.45) is 5.92 Å². The maximum Gasteiger partial charge on any atom is 0.308 e. The summed E-state index contributed by atoms with van der Waals surface area (Å²) in [7, 11) is 0. The van der Waals surface area contributed by atoms with Crippen molar-refractivity contribution in [1.82, 2.24) is 5.06 Å². The first-order valence-electron chi connectivity index (χ1n) is 9.10. The molecule has 5 heteroatoms. The Morgan fingerprint density at radius 1 is 1.31 bits per heavy atom. The summed E-state index contributed by atoms with van der Waals surface area (Å²) in [6, 6.07) is 8.94. The van der Waals surface area contributed by atoms with E-state index in [0.29, 0.717) is 12.8 Å². The van der Waals surface area contributed by atoms with Crippen LogP contribution in [0.3, 0.4) is 0 Å². The zero-order chi connectivity index (χ0) is 18.8. The van der Waals surface area contributed by atoms with Crippen LogP contribution < -0.4 is 0 Å². The highest BCUT2D eigenvalue weighted by Gasteiger charge is 2.29. The first-order valence-corrected chi connectivity index (χ1v) is 9.10. The van der Waals surface area contributed by atoms with E-state index in [9.17, 15) is 14.7 Å².